The number of halogens is 3. The summed E-state index contributed by atoms with van der Waals surface area (Å²) in [5, 5.41) is 9.33. The highest BCUT2D eigenvalue weighted by Crippen LogP contribution is 2.45. The maximum Gasteiger partial charge on any atom is 0.573 e. The number of pyridine rings is 1. The minimum absolute atomic E-state index is 0.0280. The Balaban J connectivity index is 1.23. The van der Waals surface area contributed by atoms with Crippen LogP contribution in [0.25, 0.3) is 11.1 Å². The van der Waals surface area contributed by atoms with Crippen LogP contribution in [0.3, 0.4) is 0 Å². The van der Waals surface area contributed by atoms with Crippen LogP contribution in [0.5, 0.6) is 23.1 Å². The summed E-state index contributed by atoms with van der Waals surface area (Å²) in [6, 6.07) is 14.8. The highest BCUT2D eigenvalue weighted by Gasteiger charge is 2.34. The molecule has 41 heavy (non-hydrogen) atoms. The van der Waals surface area contributed by atoms with E-state index in [0.717, 1.165) is 31.2 Å². The van der Waals surface area contributed by atoms with Crippen LogP contribution in [0.15, 0.2) is 60.8 Å². The number of rotatable bonds is 11. The number of aliphatic carboxylic acids is 1. The molecule has 0 spiro atoms. The van der Waals surface area contributed by atoms with E-state index in [1.807, 2.05) is 12.1 Å². The highest BCUT2D eigenvalue weighted by atomic mass is 19.4. The van der Waals surface area contributed by atoms with Gasteiger partial charge in [0.1, 0.15) is 23.4 Å². The Morgan fingerprint density at radius 1 is 0.951 bits per heavy atom. The molecule has 2 aromatic carbocycles. The molecular formula is C31H32F3NO6. The van der Waals surface area contributed by atoms with Gasteiger partial charge in [0.25, 0.3) is 0 Å². The fourth-order valence-corrected chi connectivity index (χ4v) is 5.41. The zero-order valence-electron chi connectivity index (χ0n) is 22.6. The Morgan fingerprint density at radius 2 is 1.68 bits per heavy atom. The number of alkyl halides is 3. The van der Waals surface area contributed by atoms with Gasteiger partial charge in [-0.1, -0.05) is 12.1 Å². The molecule has 0 bridgehead atoms. The van der Waals surface area contributed by atoms with Gasteiger partial charge in [0, 0.05) is 23.9 Å². The smallest absolute Gasteiger partial charge is 0.497 e. The molecule has 2 aliphatic rings. The molecule has 218 valence electrons. The normalized spacial score (nSPS) is 19.7. The number of hydrogen-bond acceptors (Lipinski definition) is 6. The summed E-state index contributed by atoms with van der Waals surface area (Å²) in [6.45, 7) is 0. The van der Waals surface area contributed by atoms with Crippen molar-refractivity contribution in [3.05, 3.63) is 66.4 Å². The van der Waals surface area contributed by atoms with Crippen molar-refractivity contribution in [2.24, 2.45) is 5.92 Å². The molecule has 2 fully saturated rings. The Kier molecular flexibility index (Phi) is 8.56. The van der Waals surface area contributed by atoms with E-state index in [1.165, 1.54) is 25.3 Å². The molecule has 1 aromatic heterocycles. The first-order chi connectivity index (χ1) is 19.7. The molecule has 2 aliphatic carbocycles. The summed E-state index contributed by atoms with van der Waals surface area (Å²) < 4.78 is 60.3. The number of carbonyl (C=O) groups is 1. The number of benzene rings is 2. The van der Waals surface area contributed by atoms with Gasteiger partial charge in [0.2, 0.25) is 5.88 Å². The topological polar surface area (TPSA) is 87.1 Å². The maximum absolute atomic E-state index is 12.8. The third-order valence-electron chi connectivity index (χ3n) is 7.54. The highest BCUT2D eigenvalue weighted by molar-refractivity contribution is 5.72. The van der Waals surface area contributed by atoms with Gasteiger partial charge in [-0.3, -0.25) is 4.79 Å². The average Bonchev–Trinajstić information content (AvgIpc) is 3.77. The molecule has 3 aromatic rings. The van der Waals surface area contributed by atoms with E-state index in [9.17, 15) is 23.1 Å². The third kappa shape index (κ3) is 7.83. The summed E-state index contributed by atoms with van der Waals surface area (Å²) >= 11 is 0. The van der Waals surface area contributed by atoms with Crippen LogP contribution >= 0.6 is 0 Å². The first-order valence-corrected chi connectivity index (χ1v) is 13.7. The minimum Gasteiger partial charge on any atom is -0.497 e. The number of nitrogens with zero attached hydrogens (tertiary/aromatic N) is 1. The summed E-state index contributed by atoms with van der Waals surface area (Å²) in [4.78, 5) is 15.7. The van der Waals surface area contributed by atoms with Gasteiger partial charge in [-0.2, -0.15) is 0 Å². The molecule has 2 saturated carbocycles. The Hall–Kier alpha value is -3.95. The zero-order chi connectivity index (χ0) is 29.0. The average molecular weight is 572 g/mol. The monoisotopic (exact) mass is 571 g/mol. The molecule has 10 heteroatoms. The number of ether oxygens (including phenoxy) is 4. The lowest BCUT2D eigenvalue weighted by Crippen LogP contribution is -2.30. The van der Waals surface area contributed by atoms with E-state index >= 15 is 0 Å². The molecule has 1 atom stereocenters. The lowest BCUT2D eigenvalue weighted by atomic mass is 9.91. The Morgan fingerprint density at radius 3 is 2.34 bits per heavy atom. The summed E-state index contributed by atoms with van der Waals surface area (Å²) in [6.07, 6.45) is 1.78. The lowest BCUT2D eigenvalue weighted by molar-refractivity contribution is -0.274. The molecule has 7 nitrogen and oxygen atoms in total. The van der Waals surface area contributed by atoms with E-state index in [0.29, 0.717) is 47.3 Å². The summed E-state index contributed by atoms with van der Waals surface area (Å²) in [7, 11) is 1.54. The molecule has 0 amide bonds. The number of carboxylic acid groups (broad SMARTS) is 1. The van der Waals surface area contributed by atoms with Gasteiger partial charge in [-0.05, 0) is 91.8 Å². The van der Waals surface area contributed by atoms with Crippen molar-refractivity contribution in [1.82, 2.24) is 4.98 Å². The van der Waals surface area contributed by atoms with E-state index in [4.69, 9.17) is 14.2 Å². The number of hydrogen-bond donors (Lipinski definition) is 1. The van der Waals surface area contributed by atoms with E-state index in [1.54, 1.807) is 30.5 Å². The number of aromatic nitrogens is 1. The van der Waals surface area contributed by atoms with Crippen molar-refractivity contribution in [2.75, 3.05) is 7.11 Å². The van der Waals surface area contributed by atoms with Gasteiger partial charge < -0.3 is 24.1 Å². The van der Waals surface area contributed by atoms with Crippen LogP contribution in [0.2, 0.25) is 0 Å². The second-order valence-corrected chi connectivity index (χ2v) is 10.5. The third-order valence-corrected chi connectivity index (χ3v) is 7.54. The molecule has 1 heterocycles. The van der Waals surface area contributed by atoms with Crippen LogP contribution in [0, 0.1) is 5.92 Å². The van der Waals surface area contributed by atoms with Crippen molar-refractivity contribution in [1.29, 1.82) is 0 Å². The van der Waals surface area contributed by atoms with E-state index in [-0.39, 0.29) is 30.3 Å². The molecular weight excluding hydrogens is 539 g/mol. The molecule has 0 saturated heterocycles. The zero-order valence-corrected chi connectivity index (χ0v) is 22.6. The maximum atomic E-state index is 12.8. The quantitative estimate of drug-likeness (QED) is 0.257. The second kappa shape index (κ2) is 12.3. The molecule has 1 N–H and O–H groups in total. The van der Waals surface area contributed by atoms with Gasteiger partial charge in [-0.15, -0.1) is 13.2 Å². The van der Waals surface area contributed by atoms with E-state index in [2.05, 4.69) is 9.72 Å². The van der Waals surface area contributed by atoms with Crippen LogP contribution in [0.4, 0.5) is 13.2 Å². The molecule has 5 rings (SSSR count). The SMILES string of the molecule is COc1ccc(-c2cccc(OC(F)(F)F)c2)c(O[C@H]2CC[C@H](Oc3cc(C(CC(=O)O)C4CC4)ccn3)CC2)c1. The van der Waals surface area contributed by atoms with Crippen molar-refractivity contribution in [2.45, 2.75) is 69.4 Å². The number of methoxy groups -OCH3 is 1. The van der Waals surface area contributed by atoms with Crippen LogP contribution in [-0.2, 0) is 4.79 Å². The van der Waals surface area contributed by atoms with Crippen molar-refractivity contribution in [3.63, 3.8) is 0 Å². The fraction of sp³-hybridized carbons (Fsp3) is 0.419. The van der Waals surface area contributed by atoms with Crippen molar-refractivity contribution >= 4 is 5.97 Å². The first-order valence-electron chi connectivity index (χ1n) is 13.7. The molecule has 0 radical (unpaired) electrons. The Bertz CT molecular complexity index is 1350. The number of carboxylic acids is 1. The predicted molar refractivity (Wildman–Crippen MR) is 144 cm³/mol. The standard InChI is InChI=1S/C31H32F3NO6/c1-38-24-11-12-26(20-3-2-4-25(15-20)41-31(32,33)34)28(17-24)39-22-7-9-23(10-8-22)40-29-16-21(13-14-35-29)27(18-30(36)37)19-5-6-19/h2-4,11-17,19,22-23,27H,5-10,18H2,1H3,(H,36,37)/t22-,23-,27?. The fourth-order valence-electron chi connectivity index (χ4n) is 5.41. The second-order valence-electron chi connectivity index (χ2n) is 10.5. The molecule has 1 unspecified atom stereocenters. The predicted octanol–water partition coefficient (Wildman–Crippen LogP) is 7.39. The Labute approximate surface area is 236 Å². The largest absolute Gasteiger partial charge is 0.573 e. The van der Waals surface area contributed by atoms with Gasteiger partial charge in [0.15, 0.2) is 0 Å². The van der Waals surface area contributed by atoms with Crippen molar-refractivity contribution < 1.29 is 42.0 Å². The molecule has 0 aliphatic heterocycles. The first kappa shape index (κ1) is 28.6. The van der Waals surface area contributed by atoms with Crippen molar-refractivity contribution in [3.8, 4) is 34.3 Å². The van der Waals surface area contributed by atoms with Gasteiger partial charge in [0.05, 0.1) is 19.6 Å². The lowest BCUT2D eigenvalue weighted by Gasteiger charge is -2.30. The van der Waals surface area contributed by atoms with Crippen LogP contribution < -0.4 is 18.9 Å². The van der Waals surface area contributed by atoms with Gasteiger partial charge >= 0.3 is 12.3 Å². The van der Waals surface area contributed by atoms with Crippen LogP contribution in [-0.4, -0.2) is 41.7 Å². The summed E-state index contributed by atoms with van der Waals surface area (Å²) in [5.74, 6) is 0.840. The minimum atomic E-state index is -4.78. The van der Waals surface area contributed by atoms with Crippen LogP contribution in [0.1, 0.15) is 56.4 Å². The summed E-state index contributed by atoms with van der Waals surface area (Å²) in [5.41, 5.74) is 2.11. The van der Waals surface area contributed by atoms with Gasteiger partial charge in [-0.25, -0.2) is 4.98 Å². The van der Waals surface area contributed by atoms with E-state index < -0.39 is 12.3 Å².